The minimum absolute atomic E-state index is 0.0410. The number of hydrogen-bond donors (Lipinski definition) is 0. The molecular weight excluding hydrogens is 146 g/mol. The molecule has 0 saturated heterocycles. The Morgan fingerprint density at radius 2 is 1.91 bits per heavy atom. The first-order valence-corrected chi connectivity index (χ1v) is 4.21. The topological polar surface area (TPSA) is 0 Å². The van der Waals surface area contributed by atoms with Crippen molar-refractivity contribution in [3.05, 3.63) is 11.1 Å². The van der Waals surface area contributed by atoms with E-state index in [9.17, 15) is 8.78 Å². The van der Waals surface area contributed by atoms with Crippen LogP contribution in [-0.4, -0.2) is 5.92 Å². The Morgan fingerprint density at radius 1 is 1.27 bits per heavy atom. The molecular formula is C9H14F2. The van der Waals surface area contributed by atoms with E-state index in [1.165, 1.54) is 0 Å². The van der Waals surface area contributed by atoms with E-state index in [1.807, 2.05) is 13.8 Å². The smallest absolute Gasteiger partial charge is 0.202 e. The van der Waals surface area contributed by atoms with Crippen LogP contribution in [-0.2, 0) is 0 Å². The summed E-state index contributed by atoms with van der Waals surface area (Å²) < 4.78 is 26.0. The summed E-state index contributed by atoms with van der Waals surface area (Å²) in [6, 6.07) is 0. The van der Waals surface area contributed by atoms with Gasteiger partial charge < -0.3 is 0 Å². The molecule has 2 heteroatoms. The normalized spacial score (nSPS) is 22.9. The fourth-order valence-electron chi connectivity index (χ4n) is 1.77. The van der Waals surface area contributed by atoms with Crippen molar-refractivity contribution in [3.63, 3.8) is 0 Å². The van der Waals surface area contributed by atoms with Gasteiger partial charge in [-0.3, -0.25) is 0 Å². The van der Waals surface area contributed by atoms with Gasteiger partial charge in [-0.1, -0.05) is 19.4 Å². The fourth-order valence-corrected chi connectivity index (χ4v) is 1.77. The zero-order valence-electron chi connectivity index (χ0n) is 7.08. The summed E-state index contributed by atoms with van der Waals surface area (Å²) in [6.45, 7) is 3.76. The first-order chi connectivity index (χ1) is 5.11. The monoisotopic (exact) mass is 160 g/mol. The van der Waals surface area contributed by atoms with Crippen LogP contribution in [0, 0.1) is 0 Å². The van der Waals surface area contributed by atoms with Gasteiger partial charge in [0.25, 0.3) is 5.92 Å². The number of alkyl halides is 2. The predicted molar refractivity (Wildman–Crippen MR) is 41.8 cm³/mol. The maximum Gasteiger partial charge on any atom is 0.269 e. The summed E-state index contributed by atoms with van der Waals surface area (Å²) in [5, 5.41) is 0. The molecule has 0 heterocycles. The van der Waals surface area contributed by atoms with Crippen molar-refractivity contribution in [2.75, 3.05) is 0 Å². The van der Waals surface area contributed by atoms with E-state index >= 15 is 0 Å². The maximum atomic E-state index is 13.0. The zero-order chi connectivity index (χ0) is 8.48. The molecule has 0 bridgehead atoms. The van der Waals surface area contributed by atoms with Crippen LogP contribution in [0.4, 0.5) is 8.78 Å². The Bertz CT molecular complexity index is 180. The lowest BCUT2D eigenvalue weighted by atomic mass is 10.1. The maximum absolute atomic E-state index is 13.0. The average Bonchev–Trinajstić information content (AvgIpc) is 2.24. The van der Waals surface area contributed by atoms with Crippen molar-refractivity contribution in [2.24, 2.45) is 0 Å². The van der Waals surface area contributed by atoms with Crippen molar-refractivity contribution in [3.8, 4) is 0 Å². The van der Waals surface area contributed by atoms with Crippen molar-refractivity contribution in [1.82, 2.24) is 0 Å². The summed E-state index contributed by atoms with van der Waals surface area (Å²) >= 11 is 0. The van der Waals surface area contributed by atoms with Crippen molar-refractivity contribution < 1.29 is 8.78 Å². The molecule has 0 radical (unpaired) electrons. The predicted octanol–water partition coefficient (Wildman–Crippen LogP) is 3.53. The third kappa shape index (κ3) is 1.44. The number of hydrogen-bond acceptors (Lipinski definition) is 0. The number of rotatable bonds is 2. The summed E-state index contributed by atoms with van der Waals surface area (Å²) in [7, 11) is 0. The Balaban J connectivity index is 2.88. The highest BCUT2D eigenvalue weighted by molar-refractivity contribution is 5.26. The van der Waals surface area contributed by atoms with E-state index in [0.717, 1.165) is 12.0 Å². The van der Waals surface area contributed by atoms with Gasteiger partial charge in [0.2, 0.25) is 0 Å². The molecule has 0 N–H and O–H groups in total. The number of halogens is 2. The summed E-state index contributed by atoms with van der Waals surface area (Å²) in [6.07, 6.45) is 1.95. The van der Waals surface area contributed by atoms with E-state index in [4.69, 9.17) is 0 Å². The van der Waals surface area contributed by atoms with Crippen LogP contribution < -0.4 is 0 Å². The summed E-state index contributed by atoms with van der Waals surface area (Å²) in [4.78, 5) is 0. The van der Waals surface area contributed by atoms with Gasteiger partial charge in [-0.2, -0.15) is 0 Å². The second kappa shape index (κ2) is 2.92. The standard InChI is InChI=1S/C9H14F2/c1-3-7-5-6-9(10,11)8(7)4-2/h3-6H2,1-2H3. The highest BCUT2D eigenvalue weighted by Gasteiger charge is 2.39. The molecule has 0 saturated carbocycles. The van der Waals surface area contributed by atoms with Crippen molar-refractivity contribution in [2.45, 2.75) is 45.5 Å². The molecule has 0 amide bonds. The van der Waals surface area contributed by atoms with Crippen LogP contribution in [0.1, 0.15) is 39.5 Å². The quantitative estimate of drug-likeness (QED) is 0.542. The second-order valence-electron chi connectivity index (χ2n) is 2.99. The lowest BCUT2D eigenvalue weighted by molar-refractivity contribution is 0.0404. The average molecular weight is 160 g/mol. The Hall–Kier alpha value is -0.400. The molecule has 0 unspecified atom stereocenters. The third-order valence-electron chi connectivity index (χ3n) is 2.39. The first kappa shape index (κ1) is 8.69. The van der Waals surface area contributed by atoms with Crippen LogP contribution >= 0.6 is 0 Å². The van der Waals surface area contributed by atoms with Crippen LogP contribution in [0.25, 0.3) is 0 Å². The first-order valence-electron chi connectivity index (χ1n) is 4.21. The molecule has 0 atom stereocenters. The van der Waals surface area contributed by atoms with E-state index in [0.29, 0.717) is 18.4 Å². The van der Waals surface area contributed by atoms with Crippen LogP contribution in [0.5, 0.6) is 0 Å². The summed E-state index contributed by atoms with van der Waals surface area (Å²) in [5.41, 5.74) is 1.39. The molecule has 0 fully saturated rings. The third-order valence-corrected chi connectivity index (χ3v) is 2.39. The highest BCUT2D eigenvalue weighted by Crippen LogP contribution is 2.42. The molecule has 1 aliphatic rings. The van der Waals surface area contributed by atoms with Gasteiger partial charge in [0.1, 0.15) is 0 Å². The Labute approximate surface area is 66.3 Å². The minimum atomic E-state index is -2.49. The fraction of sp³-hybridized carbons (Fsp3) is 0.778. The summed E-state index contributed by atoms with van der Waals surface area (Å²) in [5.74, 6) is -2.49. The van der Waals surface area contributed by atoms with E-state index in [-0.39, 0.29) is 6.42 Å². The van der Waals surface area contributed by atoms with Crippen molar-refractivity contribution >= 4 is 0 Å². The lowest BCUT2D eigenvalue weighted by Gasteiger charge is -2.12. The molecule has 0 nitrogen and oxygen atoms in total. The van der Waals surface area contributed by atoms with Gasteiger partial charge in [-0.05, 0) is 24.8 Å². The molecule has 0 aromatic rings. The molecule has 0 aromatic heterocycles. The molecule has 11 heavy (non-hydrogen) atoms. The van der Waals surface area contributed by atoms with Crippen LogP contribution in [0.15, 0.2) is 11.1 Å². The molecule has 1 rings (SSSR count). The Morgan fingerprint density at radius 3 is 2.27 bits per heavy atom. The SMILES string of the molecule is CCC1=C(CC)C(F)(F)CC1. The number of allylic oxidation sites excluding steroid dienone is 2. The van der Waals surface area contributed by atoms with Crippen molar-refractivity contribution in [1.29, 1.82) is 0 Å². The van der Waals surface area contributed by atoms with Gasteiger partial charge >= 0.3 is 0 Å². The lowest BCUT2D eigenvalue weighted by Crippen LogP contribution is -2.13. The molecule has 1 aliphatic carbocycles. The van der Waals surface area contributed by atoms with Gasteiger partial charge in [0.15, 0.2) is 0 Å². The molecule has 0 spiro atoms. The van der Waals surface area contributed by atoms with E-state index in [1.54, 1.807) is 0 Å². The van der Waals surface area contributed by atoms with E-state index < -0.39 is 5.92 Å². The van der Waals surface area contributed by atoms with Gasteiger partial charge in [0.05, 0.1) is 0 Å². The van der Waals surface area contributed by atoms with Crippen LogP contribution in [0.2, 0.25) is 0 Å². The molecule has 64 valence electrons. The highest BCUT2D eigenvalue weighted by atomic mass is 19.3. The minimum Gasteiger partial charge on any atom is -0.202 e. The second-order valence-corrected chi connectivity index (χ2v) is 2.99. The molecule has 0 aliphatic heterocycles. The van der Waals surface area contributed by atoms with Crippen LogP contribution in [0.3, 0.4) is 0 Å². The molecule has 0 aromatic carbocycles. The Kier molecular flexibility index (Phi) is 2.31. The van der Waals surface area contributed by atoms with E-state index in [2.05, 4.69) is 0 Å². The van der Waals surface area contributed by atoms with Gasteiger partial charge in [-0.15, -0.1) is 0 Å². The largest absolute Gasteiger partial charge is 0.269 e. The van der Waals surface area contributed by atoms with Gasteiger partial charge in [0, 0.05) is 6.42 Å². The van der Waals surface area contributed by atoms with Gasteiger partial charge in [-0.25, -0.2) is 8.78 Å². The zero-order valence-corrected chi connectivity index (χ0v) is 7.08.